The van der Waals surface area contributed by atoms with Crippen LogP contribution in [0.1, 0.15) is 43.2 Å². The van der Waals surface area contributed by atoms with Gasteiger partial charge in [-0.25, -0.2) is 9.97 Å². The number of anilines is 1. The molecule has 2 aromatic heterocycles. The van der Waals surface area contributed by atoms with Gasteiger partial charge in [0.2, 0.25) is 5.91 Å². The summed E-state index contributed by atoms with van der Waals surface area (Å²) in [4.78, 5) is 23.7. The molecule has 1 aliphatic heterocycles. The zero-order valence-corrected chi connectivity index (χ0v) is 20.4. The van der Waals surface area contributed by atoms with Crippen LogP contribution < -0.4 is 11.1 Å². The molecule has 170 valence electrons. The maximum atomic E-state index is 12.4. The second kappa shape index (κ2) is 10.2. The van der Waals surface area contributed by atoms with E-state index >= 15 is 0 Å². The maximum absolute atomic E-state index is 12.4. The van der Waals surface area contributed by atoms with Gasteiger partial charge in [0.15, 0.2) is 5.16 Å². The van der Waals surface area contributed by atoms with E-state index in [1.54, 1.807) is 11.3 Å². The van der Waals surface area contributed by atoms with Crippen molar-refractivity contribution in [2.75, 3.05) is 11.5 Å². The average molecular weight is 471 g/mol. The molecule has 1 aliphatic rings. The summed E-state index contributed by atoms with van der Waals surface area (Å²) in [6.07, 6.45) is 2.88. The van der Waals surface area contributed by atoms with Crippen LogP contribution in [0.4, 0.5) is 5.82 Å². The largest absolute Gasteiger partial charge is 0.383 e. The SMILES string of the molecule is CC(C)[C@@H]1Cc2c(sc3nc(SCC(=O)N[C@H](C)CCc4ccccc4)nc(N)c23)CO1. The van der Waals surface area contributed by atoms with Crippen molar-refractivity contribution in [2.45, 2.75) is 63.9 Å². The van der Waals surface area contributed by atoms with E-state index in [1.807, 2.05) is 25.1 Å². The first-order valence-corrected chi connectivity index (χ1v) is 12.9. The van der Waals surface area contributed by atoms with Crippen LogP contribution in [0.15, 0.2) is 35.5 Å². The highest BCUT2D eigenvalue weighted by molar-refractivity contribution is 7.99. The van der Waals surface area contributed by atoms with Crippen LogP contribution >= 0.6 is 23.1 Å². The maximum Gasteiger partial charge on any atom is 0.230 e. The van der Waals surface area contributed by atoms with E-state index in [4.69, 9.17) is 15.5 Å². The molecule has 1 aromatic carbocycles. The molecule has 3 heterocycles. The number of nitrogens with two attached hydrogens (primary N) is 1. The van der Waals surface area contributed by atoms with E-state index in [-0.39, 0.29) is 23.8 Å². The fraction of sp³-hybridized carbons (Fsp3) is 0.458. The zero-order chi connectivity index (χ0) is 22.7. The van der Waals surface area contributed by atoms with Gasteiger partial charge >= 0.3 is 0 Å². The average Bonchev–Trinajstić information content (AvgIpc) is 3.15. The molecule has 2 atom stereocenters. The molecule has 1 amide bonds. The minimum atomic E-state index is -0.0171. The van der Waals surface area contributed by atoms with E-state index in [0.717, 1.165) is 29.5 Å². The predicted molar refractivity (Wildman–Crippen MR) is 132 cm³/mol. The number of ether oxygens (including phenoxy) is 1. The standard InChI is InChI=1S/C24H30N4O2S2/c1-14(2)18-11-17-19(12-30-18)32-23-21(17)22(25)27-24(28-23)31-13-20(29)26-15(3)9-10-16-7-5-4-6-8-16/h4-8,14-15,18H,9-13H2,1-3H3,(H,26,29)(H2,25,27,28)/t15-,18+/m1/s1. The van der Waals surface area contributed by atoms with Crippen molar-refractivity contribution in [3.63, 3.8) is 0 Å². The third kappa shape index (κ3) is 5.42. The molecule has 8 heteroatoms. The van der Waals surface area contributed by atoms with Gasteiger partial charge < -0.3 is 15.8 Å². The topological polar surface area (TPSA) is 90.1 Å². The Kier molecular flexibility index (Phi) is 7.33. The third-order valence-electron chi connectivity index (χ3n) is 5.77. The molecule has 0 saturated heterocycles. The summed E-state index contributed by atoms with van der Waals surface area (Å²) in [6, 6.07) is 10.4. The van der Waals surface area contributed by atoms with E-state index in [9.17, 15) is 4.79 Å². The number of rotatable bonds is 8. The lowest BCUT2D eigenvalue weighted by Crippen LogP contribution is -2.34. The van der Waals surface area contributed by atoms with Crippen molar-refractivity contribution in [3.8, 4) is 0 Å². The number of benzene rings is 1. The molecule has 0 unspecified atom stereocenters. The molecule has 6 nitrogen and oxygen atoms in total. The number of carbonyl (C=O) groups is 1. The number of fused-ring (bicyclic) bond motifs is 3. The van der Waals surface area contributed by atoms with Crippen LogP contribution in [0, 0.1) is 5.92 Å². The van der Waals surface area contributed by atoms with Crippen molar-refractivity contribution >= 4 is 45.0 Å². The first kappa shape index (κ1) is 23.0. The molecule has 0 saturated carbocycles. The van der Waals surface area contributed by atoms with Crippen LogP contribution in [0.2, 0.25) is 0 Å². The normalized spacial score (nSPS) is 16.8. The Hall–Kier alpha value is -2.16. The number of thiophene rings is 1. The second-order valence-corrected chi connectivity index (χ2v) is 10.7. The highest BCUT2D eigenvalue weighted by atomic mass is 32.2. The second-order valence-electron chi connectivity index (χ2n) is 8.65. The summed E-state index contributed by atoms with van der Waals surface area (Å²) in [5, 5.41) is 4.57. The highest BCUT2D eigenvalue weighted by Crippen LogP contribution is 2.39. The summed E-state index contributed by atoms with van der Waals surface area (Å²) >= 11 is 2.95. The van der Waals surface area contributed by atoms with E-state index in [2.05, 4.69) is 36.3 Å². The molecule has 3 aromatic rings. The smallest absolute Gasteiger partial charge is 0.230 e. The zero-order valence-electron chi connectivity index (χ0n) is 18.8. The lowest BCUT2D eigenvalue weighted by atomic mass is 9.96. The highest BCUT2D eigenvalue weighted by Gasteiger charge is 2.27. The lowest BCUT2D eigenvalue weighted by molar-refractivity contribution is -0.119. The van der Waals surface area contributed by atoms with Gasteiger partial charge in [-0.15, -0.1) is 11.3 Å². The van der Waals surface area contributed by atoms with Crippen LogP contribution in [0.25, 0.3) is 10.2 Å². The van der Waals surface area contributed by atoms with Crippen LogP contribution in [0.5, 0.6) is 0 Å². The van der Waals surface area contributed by atoms with Crippen molar-refractivity contribution < 1.29 is 9.53 Å². The van der Waals surface area contributed by atoms with E-state index < -0.39 is 0 Å². The molecule has 0 aliphatic carbocycles. The van der Waals surface area contributed by atoms with E-state index in [1.165, 1.54) is 27.8 Å². The molecule has 0 fully saturated rings. The summed E-state index contributed by atoms with van der Waals surface area (Å²) in [5.74, 6) is 1.20. The van der Waals surface area contributed by atoms with Crippen LogP contribution in [-0.4, -0.2) is 33.8 Å². The van der Waals surface area contributed by atoms with Gasteiger partial charge in [0.25, 0.3) is 0 Å². The summed E-state index contributed by atoms with van der Waals surface area (Å²) in [7, 11) is 0. The van der Waals surface area contributed by atoms with Gasteiger partial charge in [0.05, 0.1) is 23.8 Å². The number of hydrogen-bond acceptors (Lipinski definition) is 7. The number of hydrogen-bond donors (Lipinski definition) is 2. The molecular formula is C24H30N4O2S2. The molecule has 0 radical (unpaired) electrons. The predicted octanol–water partition coefficient (Wildman–Crippen LogP) is 4.60. The minimum Gasteiger partial charge on any atom is -0.383 e. The fourth-order valence-electron chi connectivity index (χ4n) is 3.93. The summed E-state index contributed by atoms with van der Waals surface area (Å²) in [5.41, 5.74) is 8.84. The molecule has 3 N–H and O–H groups in total. The minimum absolute atomic E-state index is 0.0171. The Morgan fingerprint density at radius 3 is 2.81 bits per heavy atom. The summed E-state index contributed by atoms with van der Waals surface area (Å²) in [6.45, 7) is 6.98. The molecule has 4 rings (SSSR count). The van der Waals surface area contributed by atoms with Gasteiger partial charge in [0.1, 0.15) is 10.6 Å². The number of nitrogens with zero attached hydrogens (tertiary/aromatic N) is 2. The number of nitrogen functional groups attached to an aromatic ring is 1. The van der Waals surface area contributed by atoms with Gasteiger partial charge in [0, 0.05) is 17.3 Å². The van der Waals surface area contributed by atoms with E-state index in [0.29, 0.717) is 23.5 Å². The monoisotopic (exact) mass is 470 g/mol. The number of carbonyl (C=O) groups excluding carboxylic acids is 1. The first-order valence-electron chi connectivity index (χ1n) is 11.1. The Bertz CT molecular complexity index is 1080. The van der Waals surface area contributed by atoms with Gasteiger partial charge in [-0.05, 0) is 36.8 Å². The Morgan fingerprint density at radius 1 is 1.28 bits per heavy atom. The first-order chi connectivity index (χ1) is 15.4. The van der Waals surface area contributed by atoms with Gasteiger partial charge in [-0.2, -0.15) is 0 Å². The molecule has 0 spiro atoms. The molecular weight excluding hydrogens is 440 g/mol. The van der Waals surface area contributed by atoms with Crippen molar-refractivity contribution in [3.05, 3.63) is 46.3 Å². The Labute approximate surface area is 197 Å². The fourth-order valence-corrected chi connectivity index (χ4v) is 5.78. The number of nitrogens with one attached hydrogen (secondary N) is 1. The summed E-state index contributed by atoms with van der Waals surface area (Å²) < 4.78 is 5.99. The van der Waals surface area contributed by atoms with Crippen molar-refractivity contribution in [2.24, 2.45) is 5.92 Å². The van der Waals surface area contributed by atoms with Crippen molar-refractivity contribution in [1.29, 1.82) is 0 Å². The lowest BCUT2D eigenvalue weighted by Gasteiger charge is -2.26. The molecule has 32 heavy (non-hydrogen) atoms. The van der Waals surface area contributed by atoms with Crippen LogP contribution in [-0.2, 0) is 29.0 Å². The van der Waals surface area contributed by atoms with Gasteiger partial charge in [-0.3, -0.25) is 4.79 Å². The number of thioether (sulfide) groups is 1. The number of amides is 1. The van der Waals surface area contributed by atoms with Crippen molar-refractivity contribution in [1.82, 2.24) is 15.3 Å². The number of aromatic nitrogens is 2. The van der Waals surface area contributed by atoms with Crippen LogP contribution in [0.3, 0.4) is 0 Å². The Balaban J connectivity index is 1.35. The third-order valence-corrected chi connectivity index (χ3v) is 7.71. The Morgan fingerprint density at radius 2 is 2.06 bits per heavy atom. The molecule has 0 bridgehead atoms. The quantitative estimate of drug-likeness (QED) is 0.369. The van der Waals surface area contributed by atoms with Gasteiger partial charge in [-0.1, -0.05) is 55.9 Å². The number of aryl methyl sites for hydroxylation is 1.